The molecule has 1 aromatic carbocycles. The molecule has 1 aliphatic rings. The second kappa shape index (κ2) is 6.20. The molecule has 0 saturated heterocycles. The van der Waals surface area contributed by atoms with Crippen LogP contribution in [0.5, 0.6) is 0 Å². The Bertz CT molecular complexity index is 415. The minimum atomic E-state index is -0.258. The molecule has 3 N–H and O–H groups in total. The average Bonchev–Trinajstić information content (AvgIpc) is 2.39. The molecule has 1 saturated carbocycles. The summed E-state index contributed by atoms with van der Waals surface area (Å²) >= 11 is 0. The van der Waals surface area contributed by atoms with Gasteiger partial charge in [-0.25, -0.2) is 0 Å². The summed E-state index contributed by atoms with van der Waals surface area (Å²) in [6.45, 7) is 3.33. The highest BCUT2D eigenvalue weighted by Gasteiger charge is 2.42. The van der Waals surface area contributed by atoms with Crippen LogP contribution >= 0.6 is 0 Å². The van der Waals surface area contributed by atoms with E-state index in [1.54, 1.807) is 0 Å². The Morgan fingerprint density at radius 1 is 1.26 bits per heavy atom. The van der Waals surface area contributed by atoms with E-state index in [1.165, 1.54) is 11.1 Å². The van der Waals surface area contributed by atoms with Crippen molar-refractivity contribution in [3.05, 3.63) is 35.4 Å². The molecule has 0 heterocycles. The molecule has 0 radical (unpaired) electrons. The lowest BCUT2D eigenvalue weighted by molar-refractivity contribution is -0.135. The topological polar surface area (TPSA) is 55.1 Å². The SMILES string of the molecule is CCc1ccc(CCNC(=O)C2(CN)CCC2)cc1. The largest absolute Gasteiger partial charge is 0.355 e. The fourth-order valence-electron chi connectivity index (χ4n) is 2.58. The first kappa shape index (κ1) is 14.1. The average molecular weight is 260 g/mol. The first-order chi connectivity index (χ1) is 9.20. The zero-order valence-electron chi connectivity index (χ0n) is 11.7. The predicted molar refractivity (Wildman–Crippen MR) is 77.9 cm³/mol. The molecule has 0 unspecified atom stereocenters. The van der Waals surface area contributed by atoms with Crippen LogP contribution in [0.15, 0.2) is 24.3 Å². The van der Waals surface area contributed by atoms with Gasteiger partial charge in [0, 0.05) is 13.1 Å². The highest BCUT2D eigenvalue weighted by molar-refractivity contribution is 5.83. The van der Waals surface area contributed by atoms with Gasteiger partial charge in [-0.2, -0.15) is 0 Å². The molecule has 0 aromatic heterocycles. The highest BCUT2D eigenvalue weighted by atomic mass is 16.2. The maximum atomic E-state index is 12.1. The van der Waals surface area contributed by atoms with Gasteiger partial charge in [0.15, 0.2) is 0 Å². The second-order valence-corrected chi connectivity index (χ2v) is 5.51. The molecule has 0 atom stereocenters. The second-order valence-electron chi connectivity index (χ2n) is 5.51. The van der Waals surface area contributed by atoms with E-state index >= 15 is 0 Å². The van der Waals surface area contributed by atoms with Crippen LogP contribution in [0, 0.1) is 5.41 Å². The van der Waals surface area contributed by atoms with E-state index in [-0.39, 0.29) is 11.3 Å². The van der Waals surface area contributed by atoms with Gasteiger partial charge in [-0.3, -0.25) is 4.79 Å². The minimum Gasteiger partial charge on any atom is -0.355 e. The standard InChI is InChI=1S/C16H24N2O/c1-2-13-4-6-14(7-5-13)8-11-18-15(19)16(12-17)9-3-10-16/h4-7H,2-3,8-12,17H2,1H3,(H,18,19). The molecule has 19 heavy (non-hydrogen) atoms. The van der Waals surface area contributed by atoms with Crippen LogP contribution in [0.25, 0.3) is 0 Å². The van der Waals surface area contributed by atoms with E-state index in [9.17, 15) is 4.79 Å². The molecule has 1 amide bonds. The van der Waals surface area contributed by atoms with E-state index in [4.69, 9.17) is 5.73 Å². The molecule has 3 heteroatoms. The Hall–Kier alpha value is -1.35. The quantitative estimate of drug-likeness (QED) is 0.822. The van der Waals surface area contributed by atoms with Crippen LogP contribution in [-0.4, -0.2) is 19.0 Å². The molecule has 1 aliphatic carbocycles. The van der Waals surface area contributed by atoms with Crippen LogP contribution < -0.4 is 11.1 Å². The summed E-state index contributed by atoms with van der Waals surface area (Å²) < 4.78 is 0. The van der Waals surface area contributed by atoms with Crippen molar-refractivity contribution in [3.63, 3.8) is 0 Å². The summed E-state index contributed by atoms with van der Waals surface area (Å²) in [6.07, 6.45) is 4.97. The first-order valence-corrected chi connectivity index (χ1v) is 7.26. The summed E-state index contributed by atoms with van der Waals surface area (Å²) in [6, 6.07) is 8.61. The molecule has 0 aliphatic heterocycles. The van der Waals surface area contributed by atoms with Gasteiger partial charge in [0.25, 0.3) is 0 Å². The summed E-state index contributed by atoms with van der Waals surface area (Å²) in [5.41, 5.74) is 8.09. The molecule has 2 rings (SSSR count). The number of nitrogens with one attached hydrogen (secondary N) is 1. The van der Waals surface area contributed by atoms with Gasteiger partial charge in [-0.15, -0.1) is 0 Å². The Balaban J connectivity index is 1.78. The zero-order valence-corrected chi connectivity index (χ0v) is 11.7. The zero-order chi connectivity index (χ0) is 13.7. The van der Waals surface area contributed by atoms with Crippen molar-refractivity contribution in [2.24, 2.45) is 11.1 Å². The number of carbonyl (C=O) groups is 1. The third-order valence-electron chi connectivity index (χ3n) is 4.31. The number of aryl methyl sites for hydroxylation is 1. The first-order valence-electron chi connectivity index (χ1n) is 7.26. The van der Waals surface area contributed by atoms with Crippen molar-refractivity contribution in [2.45, 2.75) is 39.0 Å². The molecular weight excluding hydrogens is 236 g/mol. The Kier molecular flexibility index (Phi) is 4.59. The summed E-state index contributed by atoms with van der Waals surface area (Å²) in [5.74, 6) is 0.145. The fraction of sp³-hybridized carbons (Fsp3) is 0.562. The normalized spacial score (nSPS) is 16.7. The van der Waals surface area contributed by atoms with Gasteiger partial charge in [0.05, 0.1) is 5.41 Å². The number of carbonyl (C=O) groups excluding carboxylic acids is 1. The van der Waals surface area contributed by atoms with E-state index in [0.717, 1.165) is 32.1 Å². The van der Waals surface area contributed by atoms with Gasteiger partial charge in [-0.1, -0.05) is 37.6 Å². The smallest absolute Gasteiger partial charge is 0.227 e. The third kappa shape index (κ3) is 3.16. The van der Waals surface area contributed by atoms with E-state index in [2.05, 4.69) is 36.5 Å². The summed E-state index contributed by atoms with van der Waals surface area (Å²) in [4.78, 5) is 12.1. The van der Waals surface area contributed by atoms with E-state index < -0.39 is 0 Å². The Labute approximate surface area is 115 Å². The van der Waals surface area contributed by atoms with E-state index in [1.807, 2.05) is 0 Å². The van der Waals surface area contributed by atoms with Crippen molar-refractivity contribution in [2.75, 3.05) is 13.1 Å². The van der Waals surface area contributed by atoms with Crippen molar-refractivity contribution < 1.29 is 4.79 Å². The summed E-state index contributed by atoms with van der Waals surface area (Å²) in [7, 11) is 0. The number of amides is 1. The lowest BCUT2D eigenvalue weighted by Crippen LogP contribution is -2.50. The van der Waals surface area contributed by atoms with Crippen LogP contribution in [0.3, 0.4) is 0 Å². The van der Waals surface area contributed by atoms with E-state index in [0.29, 0.717) is 13.1 Å². The molecule has 3 nitrogen and oxygen atoms in total. The number of rotatable bonds is 6. The monoisotopic (exact) mass is 260 g/mol. The van der Waals surface area contributed by atoms with Crippen molar-refractivity contribution in [1.82, 2.24) is 5.32 Å². The molecule has 104 valence electrons. The predicted octanol–water partition coefficient (Wildman–Crippen LogP) is 2.04. The maximum absolute atomic E-state index is 12.1. The van der Waals surface area contributed by atoms with Crippen molar-refractivity contribution in [1.29, 1.82) is 0 Å². The summed E-state index contributed by atoms with van der Waals surface area (Å²) in [5, 5.41) is 3.03. The van der Waals surface area contributed by atoms with Gasteiger partial charge in [0.2, 0.25) is 5.91 Å². The lowest BCUT2D eigenvalue weighted by Gasteiger charge is -2.39. The maximum Gasteiger partial charge on any atom is 0.227 e. The molecule has 1 fully saturated rings. The fourth-order valence-corrected chi connectivity index (χ4v) is 2.58. The van der Waals surface area contributed by atoms with Crippen LogP contribution in [0.4, 0.5) is 0 Å². The van der Waals surface area contributed by atoms with Gasteiger partial charge >= 0.3 is 0 Å². The Morgan fingerprint density at radius 3 is 2.37 bits per heavy atom. The Morgan fingerprint density at radius 2 is 1.89 bits per heavy atom. The number of nitrogens with two attached hydrogens (primary N) is 1. The minimum absolute atomic E-state index is 0.145. The van der Waals surface area contributed by atoms with Crippen LogP contribution in [-0.2, 0) is 17.6 Å². The lowest BCUT2D eigenvalue weighted by atomic mass is 9.68. The van der Waals surface area contributed by atoms with Crippen molar-refractivity contribution in [3.8, 4) is 0 Å². The number of benzene rings is 1. The van der Waals surface area contributed by atoms with Crippen LogP contribution in [0.2, 0.25) is 0 Å². The highest BCUT2D eigenvalue weighted by Crippen LogP contribution is 2.39. The number of hydrogen-bond acceptors (Lipinski definition) is 2. The molecular formula is C16H24N2O. The van der Waals surface area contributed by atoms with Gasteiger partial charge < -0.3 is 11.1 Å². The molecule has 1 aromatic rings. The number of hydrogen-bond donors (Lipinski definition) is 2. The van der Waals surface area contributed by atoms with Gasteiger partial charge in [-0.05, 0) is 36.8 Å². The van der Waals surface area contributed by atoms with Crippen molar-refractivity contribution >= 4 is 5.91 Å². The molecule has 0 spiro atoms. The third-order valence-corrected chi connectivity index (χ3v) is 4.31. The molecule has 0 bridgehead atoms. The van der Waals surface area contributed by atoms with Crippen LogP contribution in [0.1, 0.15) is 37.3 Å². The van der Waals surface area contributed by atoms with Gasteiger partial charge in [0.1, 0.15) is 0 Å².